The summed E-state index contributed by atoms with van der Waals surface area (Å²) in [6.07, 6.45) is 0.866. The molecule has 2 N–H and O–H groups in total. The summed E-state index contributed by atoms with van der Waals surface area (Å²) in [5.74, 6) is 3.06. The minimum atomic E-state index is -0.108. The highest BCUT2D eigenvalue weighted by Crippen LogP contribution is 2.34. The van der Waals surface area contributed by atoms with E-state index in [0.29, 0.717) is 18.4 Å². The van der Waals surface area contributed by atoms with Crippen LogP contribution in [0.1, 0.15) is 57.5 Å². The molecule has 0 spiro atoms. The quantitative estimate of drug-likeness (QED) is 0.684. The number of ether oxygens (including phenoxy) is 2. The summed E-state index contributed by atoms with van der Waals surface area (Å²) < 4.78 is 11.5. The number of aromatic nitrogens is 3. The maximum atomic E-state index is 12.5. The molecule has 0 fully saturated rings. The second kappa shape index (κ2) is 9.32. The highest BCUT2D eigenvalue weighted by Gasteiger charge is 2.21. The molecule has 0 bridgehead atoms. The molecule has 1 amide bonds. The van der Waals surface area contributed by atoms with E-state index in [2.05, 4.69) is 34.3 Å². The van der Waals surface area contributed by atoms with Crippen molar-refractivity contribution in [3.8, 4) is 11.5 Å². The van der Waals surface area contributed by atoms with Crippen LogP contribution >= 0.6 is 11.8 Å². The number of nitrogens with one attached hydrogen (secondary N) is 2. The SMILES string of the molecule is CC(C)c1nc(SCC(=O)NC(c2ccc3c(c2)OCCCO3)C(C)C)n[nH]1. The number of amides is 1. The summed E-state index contributed by atoms with van der Waals surface area (Å²) in [5.41, 5.74) is 1.01. The molecule has 1 aliphatic rings. The van der Waals surface area contributed by atoms with Crippen LogP contribution < -0.4 is 14.8 Å². The first kappa shape index (κ1) is 20.5. The zero-order chi connectivity index (χ0) is 20.1. The van der Waals surface area contributed by atoms with Crippen molar-refractivity contribution in [2.75, 3.05) is 19.0 Å². The number of nitrogens with zero attached hydrogens (tertiary/aromatic N) is 2. The van der Waals surface area contributed by atoms with Gasteiger partial charge < -0.3 is 14.8 Å². The van der Waals surface area contributed by atoms with Crippen molar-refractivity contribution in [2.45, 2.75) is 51.2 Å². The molecule has 0 saturated heterocycles. The smallest absolute Gasteiger partial charge is 0.230 e. The van der Waals surface area contributed by atoms with E-state index in [1.807, 2.05) is 32.0 Å². The Labute approximate surface area is 170 Å². The zero-order valence-electron chi connectivity index (χ0n) is 16.8. The maximum absolute atomic E-state index is 12.5. The number of fused-ring (bicyclic) bond motifs is 1. The van der Waals surface area contributed by atoms with Gasteiger partial charge in [0.25, 0.3) is 0 Å². The molecule has 28 heavy (non-hydrogen) atoms. The molecule has 2 heterocycles. The monoisotopic (exact) mass is 404 g/mol. The number of rotatable bonds is 7. The average Bonchev–Trinajstić information content (AvgIpc) is 3.02. The largest absolute Gasteiger partial charge is 0.490 e. The van der Waals surface area contributed by atoms with Gasteiger partial charge in [0.2, 0.25) is 11.1 Å². The average molecular weight is 405 g/mol. The lowest BCUT2D eigenvalue weighted by Crippen LogP contribution is -2.33. The van der Waals surface area contributed by atoms with E-state index in [-0.39, 0.29) is 29.5 Å². The third-order valence-corrected chi connectivity index (χ3v) is 5.32. The number of hydrogen-bond donors (Lipinski definition) is 2. The van der Waals surface area contributed by atoms with Gasteiger partial charge in [-0.25, -0.2) is 4.98 Å². The fourth-order valence-electron chi connectivity index (χ4n) is 2.93. The van der Waals surface area contributed by atoms with E-state index < -0.39 is 0 Å². The molecule has 1 atom stereocenters. The van der Waals surface area contributed by atoms with Gasteiger partial charge in [-0.1, -0.05) is 45.5 Å². The van der Waals surface area contributed by atoms with Crippen LogP contribution in [0.15, 0.2) is 23.4 Å². The minimum absolute atomic E-state index is 0.0493. The normalized spacial score (nSPS) is 14.8. The lowest BCUT2D eigenvalue weighted by Gasteiger charge is -2.23. The number of benzene rings is 1. The van der Waals surface area contributed by atoms with Gasteiger partial charge >= 0.3 is 0 Å². The Hall–Kier alpha value is -2.22. The molecular formula is C20H28N4O3S. The van der Waals surface area contributed by atoms with Crippen LogP contribution in [0.2, 0.25) is 0 Å². The van der Waals surface area contributed by atoms with Crippen molar-refractivity contribution < 1.29 is 14.3 Å². The Morgan fingerprint density at radius 1 is 1.21 bits per heavy atom. The highest BCUT2D eigenvalue weighted by molar-refractivity contribution is 7.99. The summed E-state index contributed by atoms with van der Waals surface area (Å²) in [6, 6.07) is 5.79. The predicted octanol–water partition coefficient (Wildman–Crippen LogP) is 3.70. The second-order valence-electron chi connectivity index (χ2n) is 7.49. The fourth-order valence-corrected chi connectivity index (χ4v) is 3.55. The van der Waals surface area contributed by atoms with Gasteiger partial charge in [0.05, 0.1) is 25.0 Å². The van der Waals surface area contributed by atoms with E-state index in [4.69, 9.17) is 9.47 Å². The van der Waals surface area contributed by atoms with Crippen LogP contribution in [-0.4, -0.2) is 40.1 Å². The lowest BCUT2D eigenvalue weighted by atomic mass is 9.95. The van der Waals surface area contributed by atoms with Crippen molar-refractivity contribution >= 4 is 17.7 Å². The summed E-state index contributed by atoms with van der Waals surface area (Å²) in [4.78, 5) is 16.9. The number of aromatic amines is 1. The van der Waals surface area contributed by atoms with Gasteiger partial charge in [-0.3, -0.25) is 9.89 Å². The number of thioether (sulfide) groups is 1. The minimum Gasteiger partial charge on any atom is -0.490 e. The summed E-state index contributed by atoms with van der Waals surface area (Å²) in [5, 5.41) is 10.8. The number of carbonyl (C=O) groups is 1. The van der Waals surface area contributed by atoms with Gasteiger partial charge in [0.1, 0.15) is 5.82 Å². The fraction of sp³-hybridized carbons (Fsp3) is 0.550. The number of hydrogen-bond acceptors (Lipinski definition) is 6. The van der Waals surface area contributed by atoms with E-state index in [1.165, 1.54) is 11.8 Å². The first-order chi connectivity index (χ1) is 13.4. The molecule has 0 radical (unpaired) electrons. The third kappa shape index (κ3) is 5.19. The van der Waals surface area contributed by atoms with E-state index in [1.54, 1.807) is 0 Å². The van der Waals surface area contributed by atoms with Crippen LogP contribution in [0.25, 0.3) is 0 Å². The van der Waals surface area contributed by atoms with Crippen LogP contribution in [0.4, 0.5) is 0 Å². The topological polar surface area (TPSA) is 89.1 Å². The lowest BCUT2D eigenvalue weighted by molar-refractivity contribution is -0.119. The second-order valence-corrected chi connectivity index (χ2v) is 8.43. The zero-order valence-corrected chi connectivity index (χ0v) is 17.6. The molecule has 3 rings (SSSR count). The molecule has 8 heteroatoms. The molecule has 152 valence electrons. The van der Waals surface area contributed by atoms with E-state index in [0.717, 1.165) is 29.3 Å². The predicted molar refractivity (Wildman–Crippen MR) is 109 cm³/mol. The Morgan fingerprint density at radius 2 is 1.96 bits per heavy atom. The Balaban J connectivity index is 1.63. The standard InChI is InChI=1S/C20H28N4O3S/c1-12(2)18(14-6-7-15-16(10-14)27-9-5-8-26-15)21-17(25)11-28-20-22-19(13(3)4)23-24-20/h6-7,10,12-13,18H,5,8-9,11H2,1-4H3,(H,21,25)(H,22,23,24). The van der Waals surface area contributed by atoms with Gasteiger partial charge in [-0.15, -0.1) is 5.10 Å². The first-order valence-electron chi connectivity index (χ1n) is 9.68. The van der Waals surface area contributed by atoms with Crippen LogP contribution in [-0.2, 0) is 4.79 Å². The van der Waals surface area contributed by atoms with Crippen molar-refractivity contribution in [2.24, 2.45) is 5.92 Å². The Bertz CT molecular complexity index is 806. The number of H-pyrrole nitrogens is 1. The molecule has 0 aliphatic carbocycles. The Kier molecular flexibility index (Phi) is 6.83. The first-order valence-corrected chi connectivity index (χ1v) is 10.7. The van der Waals surface area contributed by atoms with Gasteiger partial charge in [-0.2, -0.15) is 0 Å². The summed E-state index contributed by atoms with van der Waals surface area (Å²) in [7, 11) is 0. The highest BCUT2D eigenvalue weighted by atomic mass is 32.2. The third-order valence-electron chi connectivity index (χ3n) is 4.48. The maximum Gasteiger partial charge on any atom is 0.230 e. The molecule has 0 saturated carbocycles. The van der Waals surface area contributed by atoms with Gasteiger partial charge in [0, 0.05) is 12.3 Å². The molecule has 1 aromatic carbocycles. The van der Waals surface area contributed by atoms with E-state index >= 15 is 0 Å². The van der Waals surface area contributed by atoms with Crippen molar-refractivity contribution in [1.82, 2.24) is 20.5 Å². The summed E-state index contributed by atoms with van der Waals surface area (Å²) in [6.45, 7) is 9.57. The van der Waals surface area contributed by atoms with Crippen LogP contribution in [0.3, 0.4) is 0 Å². The molecule has 7 nitrogen and oxygen atoms in total. The Morgan fingerprint density at radius 3 is 2.64 bits per heavy atom. The molecular weight excluding hydrogens is 376 g/mol. The molecule has 1 unspecified atom stereocenters. The summed E-state index contributed by atoms with van der Waals surface area (Å²) >= 11 is 1.33. The van der Waals surface area contributed by atoms with Crippen molar-refractivity contribution in [3.05, 3.63) is 29.6 Å². The van der Waals surface area contributed by atoms with E-state index in [9.17, 15) is 4.79 Å². The number of carbonyl (C=O) groups excluding carboxylic acids is 1. The van der Waals surface area contributed by atoms with Crippen LogP contribution in [0.5, 0.6) is 11.5 Å². The van der Waals surface area contributed by atoms with Crippen molar-refractivity contribution in [1.29, 1.82) is 0 Å². The molecule has 2 aromatic rings. The molecule has 1 aromatic heterocycles. The van der Waals surface area contributed by atoms with Gasteiger partial charge in [0.15, 0.2) is 11.5 Å². The van der Waals surface area contributed by atoms with Gasteiger partial charge in [-0.05, 0) is 23.6 Å². The van der Waals surface area contributed by atoms with Crippen molar-refractivity contribution in [3.63, 3.8) is 0 Å². The van der Waals surface area contributed by atoms with Crippen LogP contribution in [0, 0.1) is 5.92 Å². The molecule has 1 aliphatic heterocycles.